The van der Waals surface area contributed by atoms with Crippen LogP contribution in [0.15, 0.2) is 29.2 Å². The molecule has 1 amide bonds. The molecule has 0 aliphatic carbocycles. The molecule has 0 aliphatic heterocycles. The van der Waals surface area contributed by atoms with Gasteiger partial charge in [-0.3, -0.25) is 4.79 Å². The van der Waals surface area contributed by atoms with Gasteiger partial charge < -0.3 is 4.90 Å². The van der Waals surface area contributed by atoms with Crippen molar-refractivity contribution in [2.45, 2.75) is 11.3 Å². The van der Waals surface area contributed by atoms with Gasteiger partial charge in [0.05, 0.1) is 5.02 Å². The second kappa shape index (κ2) is 6.03. The fourth-order valence-corrected chi connectivity index (χ4v) is 2.21. The predicted octanol–water partition coefficient (Wildman–Crippen LogP) is 2.91. The summed E-state index contributed by atoms with van der Waals surface area (Å²) in [5, 5.41) is 0.750. The average molecular weight is 244 g/mol. The van der Waals surface area contributed by atoms with E-state index in [9.17, 15) is 4.79 Å². The van der Waals surface area contributed by atoms with Crippen LogP contribution in [0.3, 0.4) is 0 Å². The van der Waals surface area contributed by atoms with E-state index in [4.69, 9.17) is 11.6 Å². The van der Waals surface area contributed by atoms with Gasteiger partial charge in [-0.05, 0) is 12.1 Å². The Bertz CT molecular complexity index is 341. The van der Waals surface area contributed by atoms with Crippen molar-refractivity contribution in [2.75, 3.05) is 19.8 Å². The molecule has 0 N–H and O–H groups in total. The van der Waals surface area contributed by atoms with Crippen molar-refractivity contribution in [1.82, 2.24) is 4.90 Å². The zero-order valence-electron chi connectivity index (χ0n) is 8.87. The molecule has 4 heteroatoms. The van der Waals surface area contributed by atoms with Gasteiger partial charge in [-0.2, -0.15) is 0 Å². The monoisotopic (exact) mass is 243 g/mol. The molecule has 1 aromatic rings. The van der Waals surface area contributed by atoms with Crippen LogP contribution in [-0.4, -0.2) is 30.7 Å². The molecular weight excluding hydrogens is 230 g/mol. The molecule has 0 heterocycles. The van der Waals surface area contributed by atoms with E-state index < -0.39 is 0 Å². The van der Waals surface area contributed by atoms with Gasteiger partial charge >= 0.3 is 0 Å². The third-order valence-corrected chi connectivity index (χ3v) is 3.43. The minimum Gasteiger partial charge on any atom is -0.349 e. The van der Waals surface area contributed by atoms with Crippen LogP contribution in [0.1, 0.15) is 6.42 Å². The number of nitrogens with zero attached hydrogens (tertiary/aromatic N) is 1. The second-order valence-electron chi connectivity index (χ2n) is 3.32. The van der Waals surface area contributed by atoms with Gasteiger partial charge in [0, 0.05) is 31.2 Å². The summed E-state index contributed by atoms with van der Waals surface area (Å²) in [4.78, 5) is 13.9. The van der Waals surface area contributed by atoms with Crippen LogP contribution in [0.5, 0.6) is 0 Å². The molecule has 0 saturated carbocycles. The Balaban J connectivity index is 2.38. The number of hydrogen-bond donors (Lipinski definition) is 0. The molecule has 0 unspecified atom stereocenters. The summed E-state index contributed by atoms with van der Waals surface area (Å²) in [6.45, 7) is 0. The summed E-state index contributed by atoms with van der Waals surface area (Å²) >= 11 is 7.60. The molecule has 0 atom stereocenters. The maximum absolute atomic E-state index is 11.3. The van der Waals surface area contributed by atoms with Crippen molar-refractivity contribution in [3.63, 3.8) is 0 Å². The van der Waals surface area contributed by atoms with E-state index in [0.717, 1.165) is 15.7 Å². The molecule has 15 heavy (non-hydrogen) atoms. The molecule has 0 aliphatic rings. The van der Waals surface area contributed by atoms with E-state index in [-0.39, 0.29) is 5.91 Å². The third kappa shape index (κ3) is 4.14. The third-order valence-electron chi connectivity index (χ3n) is 1.91. The number of carbonyl (C=O) groups is 1. The van der Waals surface area contributed by atoms with Crippen LogP contribution >= 0.6 is 23.4 Å². The van der Waals surface area contributed by atoms with E-state index in [1.807, 2.05) is 24.3 Å². The quantitative estimate of drug-likeness (QED) is 0.758. The molecule has 82 valence electrons. The summed E-state index contributed by atoms with van der Waals surface area (Å²) in [5.41, 5.74) is 0. The first kappa shape index (κ1) is 12.4. The molecular formula is C11H14ClNOS. The summed E-state index contributed by atoms with van der Waals surface area (Å²) < 4.78 is 0. The fraction of sp³-hybridized carbons (Fsp3) is 0.364. The first-order chi connectivity index (χ1) is 7.11. The summed E-state index contributed by atoms with van der Waals surface area (Å²) in [5.74, 6) is 0.912. The number of hydrogen-bond acceptors (Lipinski definition) is 2. The molecule has 1 rings (SSSR count). The fourth-order valence-electron chi connectivity index (χ4n) is 1.03. The lowest BCUT2D eigenvalue weighted by atomic mass is 10.4. The molecule has 0 spiro atoms. The van der Waals surface area contributed by atoms with E-state index in [0.29, 0.717) is 6.42 Å². The number of amides is 1. The summed E-state index contributed by atoms with van der Waals surface area (Å²) in [7, 11) is 3.53. The number of carbonyl (C=O) groups excluding carboxylic acids is 1. The molecule has 0 radical (unpaired) electrons. The Morgan fingerprint density at radius 3 is 2.67 bits per heavy atom. The van der Waals surface area contributed by atoms with Crippen LogP contribution in [0.4, 0.5) is 0 Å². The van der Waals surface area contributed by atoms with Crippen molar-refractivity contribution in [3.05, 3.63) is 29.3 Å². The van der Waals surface area contributed by atoms with E-state index in [1.54, 1.807) is 30.8 Å². The molecule has 2 nitrogen and oxygen atoms in total. The van der Waals surface area contributed by atoms with Gasteiger partial charge in [-0.25, -0.2) is 0 Å². The van der Waals surface area contributed by atoms with E-state index in [2.05, 4.69) is 0 Å². The Morgan fingerprint density at radius 1 is 1.40 bits per heavy atom. The smallest absolute Gasteiger partial charge is 0.222 e. The predicted molar refractivity (Wildman–Crippen MR) is 65.5 cm³/mol. The average Bonchev–Trinajstić information content (AvgIpc) is 2.20. The molecule has 1 aromatic carbocycles. The minimum atomic E-state index is 0.148. The van der Waals surface area contributed by atoms with Crippen molar-refractivity contribution in [3.8, 4) is 0 Å². The lowest BCUT2D eigenvalue weighted by molar-refractivity contribution is -0.128. The van der Waals surface area contributed by atoms with Crippen molar-refractivity contribution in [2.24, 2.45) is 0 Å². The standard InChI is InChI=1S/C11H14ClNOS/c1-13(2)11(14)7-8-15-10-6-4-3-5-9(10)12/h3-6H,7-8H2,1-2H3. The van der Waals surface area contributed by atoms with Gasteiger partial charge in [0.1, 0.15) is 0 Å². The summed E-state index contributed by atoms with van der Waals surface area (Å²) in [6, 6.07) is 7.67. The highest BCUT2D eigenvalue weighted by molar-refractivity contribution is 7.99. The Hall–Kier alpha value is -0.670. The van der Waals surface area contributed by atoms with Gasteiger partial charge in [0.25, 0.3) is 0 Å². The molecule has 0 saturated heterocycles. The number of benzene rings is 1. The van der Waals surface area contributed by atoms with Crippen LogP contribution in [0.2, 0.25) is 5.02 Å². The zero-order valence-corrected chi connectivity index (χ0v) is 10.4. The van der Waals surface area contributed by atoms with Crippen molar-refractivity contribution < 1.29 is 4.79 Å². The Morgan fingerprint density at radius 2 is 2.07 bits per heavy atom. The topological polar surface area (TPSA) is 20.3 Å². The second-order valence-corrected chi connectivity index (χ2v) is 4.86. The number of rotatable bonds is 4. The molecule has 0 fully saturated rings. The minimum absolute atomic E-state index is 0.148. The van der Waals surface area contributed by atoms with Crippen LogP contribution < -0.4 is 0 Å². The lowest BCUT2D eigenvalue weighted by Gasteiger charge is -2.09. The Kier molecular flexibility index (Phi) is 4.99. The summed E-state index contributed by atoms with van der Waals surface area (Å²) in [6.07, 6.45) is 0.545. The van der Waals surface area contributed by atoms with E-state index in [1.165, 1.54) is 0 Å². The van der Waals surface area contributed by atoms with Gasteiger partial charge in [0.2, 0.25) is 5.91 Å². The first-order valence-electron chi connectivity index (χ1n) is 4.68. The highest BCUT2D eigenvalue weighted by Crippen LogP contribution is 2.26. The highest BCUT2D eigenvalue weighted by Gasteiger charge is 2.05. The molecule has 0 bridgehead atoms. The number of halogens is 1. The van der Waals surface area contributed by atoms with Crippen molar-refractivity contribution in [1.29, 1.82) is 0 Å². The number of thioether (sulfide) groups is 1. The van der Waals surface area contributed by atoms with Crippen LogP contribution in [-0.2, 0) is 4.79 Å². The largest absolute Gasteiger partial charge is 0.349 e. The highest BCUT2D eigenvalue weighted by atomic mass is 35.5. The van der Waals surface area contributed by atoms with Gasteiger partial charge in [-0.15, -0.1) is 11.8 Å². The zero-order chi connectivity index (χ0) is 11.3. The normalized spacial score (nSPS) is 10.1. The van der Waals surface area contributed by atoms with Gasteiger partial charge in [-0.1, -0.05) is 23.7 Å². The maximum atomic E-state index is 11.3. The van der Waals surface area contributed by atoms with Crippen LogP contribution in [0.25, 0.3) is 0 Å². The van der Waals surface area contributed by atoms with Gasteiger partial charge in [0.15, 0.2) is 0 Å². The van der Waals surface area contributed by atoms with E-state index >= 15 is 0 Å². The lowest BCUT2D eigenvalue weighted by Crippen LogP contribution is -2.21. The SMILES string of the molecule is CN(C)C(=O)CCSc1ccccc1Cl. The maximum Gasteiger partial charge on any atom is 0.222 e. The Labute approximate surface area is 99.6 Å². The van der Waals surface area contributed by atoms with Crippen molar-refractivity contribution >= 4 is 29.3 Å². The molecule has 0 aromatic heterocycles. The van der Waals surface area contributed by atoms with Crippen LogP contribution in [0, 0.1) is 0 Å². The first-order valence-corrected chi connectivity index (χ1v) is 6.05.